The minimum Gasteiger partial charge on any atom is -0.330 e. The van der Waals surface area contributed by atoms with Gasteiger partial charge < -0.3 is 5.73 Å². The molecule has 0 bridgehead atoms. The highest BCUT2D eigenvalue weighted by Crippen LogP contribution is 2.40. The molecule has 0 unspecified atom stereocenters. The molecule has 1 aromatic rings. The molecule has 0 spiro atoms. The number of nitrogens with zero attached hydrogens (tertiary/aromatic N) is 2. The third kappa shape index (κ3) is 2.59. The molecule has 2 N–H and O–H groups in total. The van der Waals surface area contributed by atoms with Crippen molar-refractivity contribution in [3.8, 4) is 0 Å². The van der Waals surface area contributed by atoms with Crippen molar-refractivity contribution in [1.29, 1.82) is 0 Å². The summed E-state index contributed by atoms with van der Waals surface area (Å²) in [6.07, 6.45) is 5.80. The van der Waals surface area contributed by atoms with Gasteiger partial charge in [0.25, 0.3) is 0 Å². The van der Waals surface area contributed by atoms with Crippen molar-refractivity contribution in [2.75, 3.05) is 6.54 Å². The van der Waals surface area contributed by atoms with Crippen molar-refractivity contribution in [3.63, 3.8) is 0 Å². The second-order valence-corrected chi connectivity index (χ2v) is 4.97. The topological polar surface area (TPSA) is 43.8 Å². The van der Waals surface area contributed by atoms with Gasteiger partial charge in [0.05, 0.1) is 5.69 Å². The summed E-state index contributed by atoms with van der Waals surface area (Å²) in [7, 11) is 0. The van der Waals surface area contributed by atoms with Gasteiger partial charge in [-0.15, -0.1) is 0 Å². The van der Waals surface area contributed by atoms with Gasteiger partial charge in [0.2, 0.25) is 0 Å². The summed E-state index contributed by atoms with van der Waals surface area (Å²) in [5, 5.41) is 4.69. The molecule has 3 heteroatoms. The highest BCUT2D eigenvalue weighted by molar-refractivity contribution is 5.25. The normalized spacial score (nSPS) is 16.3. The van der Waals surface area contributed by atoms with Crippen LogP contribution in [0.3, 0.4) is 0 Å². The first kappa shape index (κ1) is 10.7. The van der Waals surface area contributed by atoms with Crippen LogP contribution in [0.4, 0.5) is 0 Å². The molecule has 1 aliphatic rings. The maximum absolute atomic E-state index is 5.62. The summed E-state index contributed by atoms with van der Waals surface area (Å²) in [6, 6.07) is 0. The molecular formula is C12H21N3. The van der Waals surface area contributed by atoms with Gasteiger partial charge >= 0.3 is 0 Å². The second kappa shape index (κ2) is 4.35. The molecular weight excluding hydrogens is 186 g/mol. The van der Waals surface area contributed by atoms with E-state index in [-0.39, 0.29) is 0 Å². The lowest BCUT2D eigenvalue weighted by Crippen LogP contribution is -2.05. The Kier molecular flexibility index (Phi) is 3.10. The maximum atomic E-state index is 5.62. The van der Waals surface area contributed by atoms with Crippen LogP contribution in [-0.4, -0.2) is 16.3 Å². The van der Waals surface area contributed by atoms with Crippen LogP contribution in [0.15, 0.2) is 6.20 Å². The molecule has 1 saturated carbocycles. The minimum absolute atomic E-state index is 0.655. The summed E-state index contributed by atoms with van der Waals surface area (Å²) in [5.74, 6) is 1.39. The van der Waals surface area contributed by atoms with Crippen LogP contribution < -0.4 is 5.73 Å². The predicted molar refractivity (Wildman–Crippen MR) is 61.8 cm³/mol. The van der Waals surface area contributed by atoms with Crippen molar-refractivity contribution < 1.29 is 0 Å². The molecule has 0 atom stereocenters. The fourth-order valence-electron chi connectivity index (χ4n) is 1.99. The first-order valence-electron chi connectivity index (χ1n) is 5.97. The van der Waals surface area contributed by atoms with Crippen LogP contribution in [0.5, 0.6) is 0 Å². The number of aromatic nitrogens is 2. The second-order valence-electron chi connectivity index (χ2n) is 4.97. The van der Waals surface area contributed by atoms with Gasteiger partial charge in [-0.1, -0.05) is 13.8 Å². The molecule has 1 aromatic heterocycles. The molecule has 84 valence electrons. The van der Waals surface area contributed by atoms with Crippen LogP contribution >= 0.6 is 0 Å². The van der Waals surface area contributed by atoms with Crippen molar-refractivity contribution in [2.24, 2.45) is 11.7 Å². The SMILES string of the molecule is CC(C)Cn1cc(CCN)c(C2CC2)n1. The first-order valence-corrected chi connectivity index (χ1v) is 5.97. The fourth-order valence-corrected chi connectivity index (χ4v) is 1.99. The quantitative estimate of drug-likeness (QED) is 0.801. The molecule has 0 aliphatic heterocycles. The number of hydrogen-bond donors (Lipinski definition) is 1. The van der Waals surface area contributed by atoms with Gasteiger partial charge in [-0.2, -0.15) is 5.10 Å². The molecule has 1 aliphatic carbocycles. The van der Waals surface area contributed by atoms with E-state index in [9.17, 15) is 0 Å². The smallest absolute Gasteiger partial charge is 0.0687 e. The molecule has 1 fully saturated rings. The standard InChI is InChI=1S/C12H21N3/c1-9(2)7-15-8-11(5-6-13)12(14-15)10-3-4-10/h8-10H,3-7,13H2,1-2H3. The van der Waals surface area contributed by atoms with Gasteiger partial charge in [0.1, 0.15) is 0 Å². The van der Waals surface area contributed by atoms with E-state index in [2.05, 4.69) is 24.7 Å². The van der Waals surface area contributed by atoms with E-state index < -0.39 is 0 Å². The van der Waals surface area contributed by atoms with Crippen LogP contribution in [0.2, 0.25) is 0 Å². The van der Waals surface area contributed by atoms with E-state index in [0.717, 1.165) is 25.4 Å². The lowest BCUT2D eigenvalue weighted by Gasteiger charge is -2.03. The number of nitrogens with two attached hydrogens (primary N) is 1. The van der Waals surface area contributed by atoms with Crippen LogP contribution in [-0.2, 0) is 13.0 Å². The lowest BCUT2D eigenvalue weighted by atomic mass is 10.1. The summed E-state index contributed by atoms with van der Waals surface area (Å²) in [5.41, 5.74) is 8.32. The highest BCUT2D eigenvalue weighted by Gasteiger charge is 2.28. The Morgan fingerprint density at radius 2 is 2.27 bits per heavy atom. The Morgan fingerprint density at radius 3 is 2.80 bits per heavy atom. The molecule has 0 aromatic carbocycles. The van der Waals surface area contributed by atoms with Gasteiger partial charge in [0, 0.05) is 18.7 Å². The van der Waals surface area contributed by atoms with E-state index in [0.29, 0.717) is 5.92 Å². The number of rotatable bonds is 5. The summed E-state index contributed by atoms with van der Waals surface area (Å²) in [6.45, 7) is 6.19. The maximum Gasteiger partial charge on any atom is 0.0687 e. The van der Waals surface area contributed by atoms with E-state index in [1.807, 2.05) is 0 Å². The Labute approximate surface area is 91.7 Å². The monoisotopic (exact) mass is 207 g/mol. The zero-order chi connectivity index (χ0) is 10.8. The van der Waals surface area contributed by atoms with E-state index in [4.69, 9.17) is 10.8 Å². The molecule has 3 nitrogen and oxygen atoms in total. The highest BCUT2D eigenvalue weighted by atomic mass is 15.3. The summed E-state index contributed by atoms with van der Waals surface area (Å²) < 4.78 is 2.10. The molecule has 0 saturated heterocycles. The summed E-state index contributed by atoms with van der Waals surface area (Å²) >= 11 is 0. The third-order valence-corrected chi connectivity index (χ3v) is 2.80. The van der Waals surface area contributed by atoms with Crippen molar-refractivity contribution in [1.82, 2.24) is 9.78 Å². The molecule has 0 radical (unpaired) electrons. The average molecular weight is 207 g/mol. The minimum atomic E-state index is 0.655. The predicted octanol–water partition coefficient (Wildman–Crippen LogP) is 1.92. The van der Waals surface area contributed by atoms with Gasteiger partial charge in [-0.25, -0.2) is 0 Å². The zero-order valence-corrected chi connectivity index (χ0v) is 9.74. The Balaban J connectivity index is 2.15. The third-order valence-electron chi connectivity index (χ3n) is 2.80. The van der Waals surface area contributed by atoms with Crippen molar-refractivity contribution >= 4 is 0 Å². The van der Waals surface area contributed by atoms with Gasteiger partial charge in [-0.05, 0) is 37.3 Å². The molecule has 0 amide bonds. The molecule has 2 rings (SSSR count). The largest absolute Gasteiger partial charge is 0.330 e. The van der Waals surface area contributed by atoms with Crippen LogP contribution in [0, 0.1) is 5.92 Å². The molecule has 1 heterocycles. The average Bonchev–Trinajstić information content (AvgIpc) is 2.91. The molecule has 15 heavy (non-hydrogen) atoms. The fraction of sp³-hybridized carbons (Fsp3) is 0.750. The Bertz CT molecular complexity index is 324. The van der Waals surface area contributed by atoms with E-state index in [1.54, 1.807) is 0 Å². The van der Waals surface area contributed by atoms with Crippen molar-refractivity contribution in [3.05, 3.63) is 17.5 Å². The zero-order valence-electron chi connectivity index (χ0n) is 9.74. The van der Waals surface area contributed by atoms with E-state index in [1.165, 1.54) is 24.1 Å². The van der Waals surface area contributed by atoms with Gasteiger partial charge in [0.15, 0.2) is 0 Å². The Hall–Kier alpha value is -0.830. The van der Waals surface area contributed by atoms with Crippen LogP contribution in [0.25, 0.3) is 0 Å². The Morgan fingerprint density at radius 1 is 1.53 bits per heavy atom. The van der Waals surface area contributed by atoms with Gasteiger partial charge in [-0.3, -0.25) is 4.68 Å². The summed E-state index contributed by atoms with van der Waals surface area (Å²) in [4.78, 5) is 0. The van der Waals surface area contributed by atoms with Crippen LogP contribution in [0.1, 0.15) is 43.9 Å². The van der Waals surface area contributed by atoms with Crippen molar-refractivity contribution in [2.45, 2.75) is 45.6 Å². The number of hydrogen-bond acceptors (Lipinski definition) is 2. The first-order chi connectivity index (χ1) is 7.20. The van der Waals surface area contributed by atoms with E-state index >= 15 is 0 Å². The lowest BCUT2D eigenvalue weighted by molar-refractivity contribution is 0.479.